The summed E-state index contributed by atoms with van der Waals surface area (Å²) in [5.41, 5.74) is 2.12. The number of carbonyl (C=O) groups excluding carboxylic acids is 1. The number of hydrogen-bond donors (Lipinski definition) is 1. The van der Waals surface area contributed by atoms with Crippen molar-refractivity contribution in [3.05, 3.63) is 47.7 Å². The molecule has 1 unspecified atom stereocenters. The number of nitrogens with one attached hydrogen (secondary N) is 1. The summed E-state index contributed by atoms with van der Waals surface area (Å²) in [6.07, 6.45) is 8.94. The van der Waals surface area contributed by atoms with Crippen LogP contribution in [0.5, 0.6) is 11.5 Å². The van der Waals surface area contributed by atoms with Crippen LogP contribution in [-0.2, 0) is 6.54 Å². The van der Waals surface area contributed by atoms with Crippen LogP contribution in [0.2, 0.25) is 0 Å². The molecular formula is C25H32N4O3. The molecule has 32 heavy (non-hydrogen) atoms. The number of likely N-dealkylation sites (tertiary alicyclic amines) is 1. The fourth-order valence-corrected chi connectivity index (χ4v) is 4.91. The first-order valence-electron chi connectivity index (χ1n) is 11.9. The molecule has 170 valence electrons. The van der Waals surface area contributed by atoms with Crippen molar-refractivity contribution < 1.29 is 14.3 Å². The molecule has 3 aliphatic rings. The van der Waals surface area contributed by atoms with Crippen molar-refractivity contribution in [1.82, 2.24) is 15.2 Å². The third-order valence-corrected chi connectivity index (χ3v) is 6.65. The van der Waals surface area contributed by atoms with Crippen LogP contribution in [-0.4, -0.2) is 48.8 Å². The standard InChI is InChI=1S/C25H32N4O3/c30-25(27-18-19-7-10-24(26-17-19)28-11-3-1-2-4-12-28)29-13-5-6-21(29)20-8-9-22-23(16-20)32-15-14-31-22/h7-10,16-17,21H,1-6,11-15,18H2,(H,27,30). The molecular weight excluding hydrogens is 404 g/mol. The van der Waals surface area contributed by atoms with Gasteiger partial charge >= 0.3 is 6.03 Å². The lowest BCUT2D eigenvalue weighted by Gasteiger charge is -2.27. The summed E-state index contributed by atoms with van der Waals surface area (Å²) in [4.78, 5) is 21.9. The molecule has 1 atom stereocenters. The molecule has 0 bridgehead atoms. The van der Waals surface area contributed by atoms with Gasteiger partial charge in [-0.15, -0.1) is 0 Å². The van der Waals surface area contributed by atoms with E-state index in [4.69, 9.17) is 9.47 Å². The molecule has 0 aliphatic carbocycles. The number of amides is 2. The van der Waals surface area contributed by atoms with E-state index in [1.54, 1.807) is 0 Å². The second-order valence-corrected chi connectivity index (χ2v) is 8.84. The minimum Gasteiger partial charge on any atom is -0.486 e. The average molecular weight is 437 g/mol. The quantitative estimate of drug-likeness (QED) is 0.775. The fraction of sp³-hybridized carbons (Fsp3) is 0.520. The number of nitrogens with zero attached hydrogens (tertiary/aromatic N) is 3. The number of fused-ring (bicyclic) bond motifs is 1. The number of rotatable bonds is 4. The van der Waals surface area contributed by atoms with Gasteiger partial charge in [0.05, 0.1) is 6.04 Å². The predicted octanol–water partition coefficient (Wildman–Crippen LogP) is 4.28. The fourth-order valence-electron chi connectivity index (χ4n) is 4.91. The summed E-state index contributed by atoms with van der Waals surface area (Å²) in [5.74, 6) is 2.60. The van der Waals surface area contributed by atoms with Crippen molar-refractivity contribution in [2.45, 2.75) is 51.1 Å². The van der Waals surface area contributed by atoms with Crippen LogP contribution in [0.4, 0.5) is 10.6 Å². The molecule has 5 rings (SSSR count). The van der Waals surface area contributed by atoms with E-state index >= 15 is 0 Å². The summed E-state index contributed by atoms with van der Waals surface area (Å²) >= 11 is 0. The lowest BCUT2D eigenvalue weighted by molar-refractivity contribution is 0.170. The molecule has 1 aromatic heterocycles. The van der Waals surface area contributed by atoms with Gasteiger partial charge in [-0.1, -0.05) is 25.0 Å². The lowest BCUT2D eigenvalue weighted by atomic mass is 10.0. The highest BCUT2D eigenvalue weighted by molar-refractivity contribution is 5.75. The topological polar surface area (TPSA) is 66.9 Å². The Labute approximate surface area is 189 Å². The Kier molecular flexibility index (Phi) is 6.32. The maximum atomic E-state index is 13.0. The largest absolute Gasteiger partial charge is 0.486 e. The molecule has 3 aliphatic heterocycles. The molecule has 0 radical (unpaired) electrons. The van der Waals surface area contributed by atoms with Gasteiger partial charge in [0.25, 0.3) is 0 Å². The summed E-state index contributed by atoms with van der Waals surface area (Å²) < 4.78 is 11.4. The molecule has 0 spiro atoms. The molecule has 1 aromatic carbocycles. The number of urea groups is 1. The average Bonchev–Trinajstić information content (AvgIpc) is 3.18. The summed E-state index contributed by atoms with van der Waals surface area (Å²) in [7, 11) is 0. The smallest absolute Gasteiger partial charge is 0.318 e. The Morgan fingerprint density at radius 2 is 1.78 bits per heavy atom. The zero-order chi connectivity index (χ0) is 21.8. The van der Waals surface area contributed by atoms with Crippen molar-refractivity contribution in [1.29, 1.82) is 0 Å². The van der Waals surface area contributed by atoms with Gasteiger partial charge in [-0.2, -0.15) is 0 Å². The Morgan fingerprint density at radius 3 is 2.56 bits per heavy atom. The molecule has 1 N–H and O–H groups in total. The third-order valence-electron chi connectivity index (χ3n) is 6.65. The molecule has 2 fully saturated rings. The Bertz CT molecular complexity index is 925. The van der Waals surface area contributed by atoms with Crippen LogP contribution in [0.1, 0.15) is 55.7 Å². The molecule has 2 aromatic rings. The van der Waals surface area contributed by atoms with Gasteiger partial charge in [-0.3, -0.25) is 0 Å². The van der Waals surface area contributed by atoms with Gasteiger partial charge in [0.1, 0.15) is 19.0 Å². The van der Waals surface area contributed by atoms with Gasteiger partial charge in [-0.05, 0) is 55.0 Å². The van der Waals surface area contributed by atoms with E-state index in [-0.39, 0.29) is 12.1 Å². The molecule has 7 heteroatoms. The molecule has 2 amide bonds. The maximum Gasteiger partial charge on any atom is 0.318 e. The number of anilines is 1. The van der Waals surface area contributed by atoms with Crippen LogP contribution in [0, 0.1) is 0 Å². The molecule has 0 saturated carbocycles. The zero-order valence-corrected chi connectivity index (χ0v) is 18.6. The zero-order valence-electron chi connectivity index (χ0n) is 18.6. The number of carbonyl (C=O) groups is 1. The molecule has 2 saturated heterocycles. The van der Waals surface area contributed by atoms with Crippen molar-refractivity contribution >= 4 is 11.8 Å². The number of pyridine rings is 1. The van der Waals surface area contributed by atoms with Crippen LogP contribution >= 0.6 is 0 Å². The first kappa shape index (κ1) is 20.9. The highest BCUT2D eigenvalue weighted by Crippen LogP contribution is 2.38. The van der Waals surface area contributed by atoms with Crippen molar-refractivity contribution in [2.24, 2.45) is 0 Å². The lowest BCUT2D eigenvalue weighted by Crippen LogP contribution is -2.39. The first-order chi connectivity index (χ1) is 15.8. The van der Waals surface area contributed by atoms with E-state index in [0.29, 0.717) is 19.8 Å². The van der Waals surface area contributed by atoms with Gasteiger partial charge in [-0.25, -0.2) is 9.78 Å². The second kappa shape index (κ2) is 9.67. The number of benzene rings is 1. The highest BCUT2D eigenvalue weighted by Gasteiger charge is 2.30. The van der Waals surface area contributed by atoms with Crippen LogP contribution in [0.25, 0.3) is 0 Å². The van der Waals surface area contributed by atoms with E-state index in [2.05, 4.69) is 33.4 Å². The normalized spacial score (nSPS) is 20.7. The predicted molar refractivity (Wildman–Crippen MR) is 123 cm³/mol. The summed E-state index contributed by atoms with van der Waals surface area (Å²) in [6.45, 7) is 4.56. The van der Waals surface area contributed by atoms with Crippen molar-refractivity contribution in [3.8, 4) is 11.5 Å². The Morgan fingerprint density at radius 1 is 0.969 bits per heavy atom. The SMILES string of the molecule is O=C(NCc1ccc(N2CCCCCC2)nc1)N1CCCC1c1ccc2c(c1)OCCO2. The van der Waals surface area contributed by atoms with Crippen molar-refractivity contribution in [2.75, 3.05) is 37.7 Å². The maximum absolute atomic E-state index is 13.0. The first-order valence-corrected chi connectivity index (χ1v) is 11.9. The van der Waals surface area contributed by atoms with E-state index < -0.39 is 0 Å². The molecule has 4 heterocycles. The number of aromatic nitrogens is 1. The van der Waals surface area contributed by atoms with Gasteiger partial charge in [0.15, 0.2) is 11.5 Å². The van der Waals surface area contributed by atoms with Gasteiger partial charge in [0, 0.05) is 32.4 Å². The Hall–Kier alpha value is -2.96. The highest BCUT2D eigenvalue weighted by atomic mass is 16.6. The summed E-state index contributed by atoms with van der Waals surface area (Å²) in [5, 5.41) is 3.09. The van der Waals surface area contributed by atoms with Gasteiger partial charge < -0.3 is 24.6 Å². The van der Waals surface area contributed by atoms with Crippen LogP contribution < -0.4 is 19.7 Å². The number of ether oxygens (including phenoxy) is 2. The van der Waals surface area contributed by atoms with E-state index in [9.17, 15) is 4.79 Å². The third kappa shape index (κ3) is 4.61. The van der Waals surface area contributed by atoms with Crippen molar-refractivity contribution in [3.63, 3.8) is 0 Å². The minimum absolute atomic E-state index is 0.0287. The summed E-state index contributed by atoms with van der Waals surface area (Å²) in [6, 6.07) is 10.2. The number of hydrogen-bond acceptors (Lipinski definition) is 5. The van der Waals surface area contributed by atoms with Crippen LogP contribution in [0.3, 0.4) is 0 Å². The monoisotopic (exact) mass is 436 g/mol. The van der Waals surface area contributed by atoms with E-state index in [0.717, 1.165) is 60.9 Å². The van der Waals surface area contributed by atoms with Gasteiger partial charge in [0.2, 0.25) is 0 Å². The minimum atomic E-state index is -0.0287. The second-order valence-electron chi connectivity index (χ2n) is 8.84. The van der Waals surface area contributed by atoms with E-state index in [1.165, 1.54) is 25.7 Å². The Balaban J connectivity index is 1.19. The van der Waals surface area contributed by atoms with E-state index in [1.807, 2.05) is 23.2 Å². The molecule has 7 nitrogen and oxygen atoms in total. The van der Waals surface area contributed by atoms with Crippen LogP contribution in [0.15, 0.2) is 36.5 Å².